The first-order valence-corrected chi connectivity index (χ1v) is 7.19. The highest BCUT2D eigenvalue weighted by Crippen LogP contribution is 2.35. The van der Waals surface area contributed by atoms with Crippen LogP contribution in [0.3, 0.4) is 0 Å². The van der Waals surface area contributed by atoms with Crippen LogP contribution in [0.2, 0.25) is 5.15 Å². The van der Waals surface area contributed by atoms with Gasteiger partial charge in [0, 0.05) is 9.86 Å². The number of hydrogen-bond acceptors (Lipinski definition) is 3. The van der Waals surface area contributed by atoms with Crippen LogP contribution in [0, 0.1) is 5.82 Å². The minimum absolute atomic E-state index is 0.0944. The summed E-state index contributed by atoms with van der Waals surface area (Å²) in [7, 11) is 0. The number of pyridine rings is 1. The Morgan fingerprint density at radius 3 is 2.55 bits per heavy atom. The summed E-state index contributed by atoms with van der Waals surface area (Å²) in [6, 6.07) is 6.76. The lowest BCUT2D eigenvalue weighted by Crippen LogP contribution is -2.21. The summed E-state index contributed by atoms with van der Waals surface area (Å²) >= 11 is 9.21. The van der Waals surface area contributed by atoms with Crippen molar-refractivity contribution in [2.24, 2.45) is 0 Å². The summed E-state index contributed by atoms with van der Waals surface area (Å²) in [6.45, 7) is 0. The fourth-order valence-corrected chi connectivity index (χ4v) is 2.58. The van der Waals surface area contributed by atoms with Crippen molar-refractivity contribution in [3.8, 4) is 0 Å². The van der Waals surface area contributed by atoms with E-state index in [-0.39, 0.29) is 10.7 Å². The van der Waals surface area contributed by atoms with Gasteiger partial charge in [0.1, 0.15) is 16.7 Å². The van der Waals surface area contributed by atoms with Crippen molar-refractivity contribution >= 4 is 38.4 Å². The number of rotatable bonds is 2. The average Bonchev–Trinajstić information content (AvgIpc) is 2.48. The lowest BCUT2D eigenvalue weighted by molar-refractivity contribution is 0.0283. The molecule has 3 aromatic rings. The Morgan fingerprint density at radius 1 is 1.09 bits per heavy atom. The van der Waals surface area contributed by atoms with Crippen LogP contribution in [0.1, 0.15) is 11.5 Å². The van der Waals surface area contributed by atoms with Gasteiger partial charge in [-0.05, 0) is 40.2 Å². The Balaban J connectivity index is 2.20. The number of alkyl halides is 2. The molecule has 112 valence electrons. The van der Waals surface area contributed by atoms with E-state index in [2.05, 4.69) is 30.9 Å². The summed E-state index contributed by atoms with van der Waals surface area (Å²) in [4.78, 5) is 10.9. The average molecular weight is 389 g/mol. The van der Waals surface area contributed by atoms with Crippen LogP contribution in [0.4, 0.5) is 13.2 Å². The SMILES string of the molecule is Fc1ccc(C(F)(F)c2nc(Cl)c3cccc(Br)c3n2)nc1. The van der Waals surface area contributed by atoms with E-state index in [9.17, 15) is 13.2 Å². The van der Waals surface area contributed by atoms with E-state index in [0.29, 0.717) is 16.1 Å². The molecule has 0 N–H and O–H groups in total. The molecule has 0 saturated heterocycles. The summed E-state index contributed by atoms with van der Waals surface area (Å²) in [5.41, 5.74) is -0.393. The number of hydrogen-bond donors (Lipinski definition) is 0. The predicted octanol–water partition coefficient (Wildman–Crippen LogP) is 4.72. The molecule has 0 radical (unpaired) electrons. The van der Waals surface area contributed by atoms with E-state index in [4.69, 9.17) is 11.6 Å². The first-order chi connectivity index (χ1) is 10.4. The fraction of sp³-hybridized carbons (Fsp3) is 0.0714. The van der Waals surface area contributed by atoms with E-state index in [0.717, 1.165) is 12.1 Å². The Labute approximate surface area is 136 Å². The zero-order valence-corrected chi connectivity index (χ0v) is 13.0. The molecule has 0 bridgehead atoms. The molecule has 0 unspecified atom stereocenters. The lowest BCUT2D eigenvalue weighted by atomic mass is 10.2. The Bertz CT molecular complexity index is 856. The van der Waals surface area contributed by atoms with Gasteiger partial charge in [0.2, 0.25) is 5.82 Å². The van der Waals surface area contributed by atoms with Gasteiger partial charge in [-0.25, -0.2) is 14.4 Å². The van der Waals surface area contributed by atoms with Gasteiger partial charge in [-0.3, -0.25) is 4.98 Å². The standard InChI is InChI=1S/C14H6BrClF3N3/c15-9-3-1-2-8-11(9)21-13(22-12(8)16)14(18,19)10-5-4-7(17)6-20-10/h1-6H. The van der Waals surface area contributed by atoms with Gasteiger partial charge in [0.25, 0.3) is 0 Å². The van der Waals surface area contributed by atoms with Crippen molar-refractivity contribution in [2.45, 2.75) is 5.92 Å². The predicted molar refractivity (Wildman–Crippen MR) is 79.4 cm³/mol. The number of aromatic nitrogens is 3. The van der Waals surface area contributed by atoms with Crippen molar-refractivity contribution in [1.82, 2.24) is 15.0 Å². The second-order valence-electron chi connectivity index (χ2n) is 4.41. The minimum Gasteiger partial charge on any atom is -0.251 e. The van der Waals surface area contributed by atoms with Gasteiger partial charge in [0.05, 0.1) is 11.7 Å². The minimum atomic E-state index is -3.60. The third-order valence-corrected chi connectivity index (χ3v) is 3.89. The zero-order valence-electron chi connectivity index (χ0n) is 10.7. The molecule has 0 amide bonds. The van der Waals surface area contributed by atoms with Crippen LogP contribution in [0.5, 0.6) is 0 Å². The van der Waals surface area contributed by atoms with Gasteiger partial charge < -0.3 is 0 Å². The van der Waals surface area contributed by atoms with Crippen molar-refractivity contribution in [3.05, 3.63) is 63.5 Å². The molecular weight excluding hydrogens is 383 g/mol. The molecule has 2 aromatic heterocycles. The van der Waals surface area contributed by atoms with E-state index < -0.39 is 23.3 Å². The van der Waals surface area contributed by atoms with Gasteiger partial charge in [-0.1, -0.05) is 17.7 Å². The molecule has 0 aliphatic carbocycles. The number of halogens is 5. The van der Waals surface area contributed by atoms with Crippen LogP contribution < -0.4 is 0 Å². The van der Waals surface area contributed by atoms with Crippen LogP contribution >= 0.6 is 27.5 Å². The van der Waals surface area contributed by atoms with Crippen LogP contribution in [0.15, 0.2) is 41.0 Å². The molecule has 0 aliphatic rings. The second kappa shape index (κ2) is 5.48. The molecule has 0 fully saturated rings. The van der Waals surface area contributed by atoms with Crippen LogP contribution in [0.25, 0.3) is 10.9 Å². The Kier molecular flexibility index (Phi) is 3.78. The normalized spacial score (nSPS) is 11.9. The third kappa shape index (κ3) is 2.55. The molecule has 8 heteroatoms. The number of fused-ring (bicyclic) bond motifs is 1. The third-order valence-electron chi connectivity index (χ3n) is 2.96. The summed E-state index contributed by atoms with van der Waals surface area (Å²) in [5.74, 6) is -5.10. The van der Waals surface area contributed by atoms with Crippen LogP contribution in [-0.2, 0) is 5.92 Å². The van der Waals surface area contributed by atoms with Gasteiger partial charge >= 0.3 is 5.92 Å². The molecule has 22 heavy (non-hydrogen) atoms. The largest absolute Gasteiger partial charge is 0.348 e. The Morgan fingerprint density at radius 2 is 1.86 bits per heavy atom. The molecule has 3 nitrogen and oxygen atoms in total. The maximum atomic E-state index is 14.5. The summed E-state index contributed by atoms with van der Waals surface area (Å²) in [6.07, 6.45) is 0.710. The molecular formula is C14H6BrClF3N3. The van der Waals surface area contributed by atoms with Crippen molar-refractivity contribution < 1.29 is 13.2 Å². The van der Waals surface area contributed by atoms with Gasteiger partial charge in [0.15, 0.2) is 0 Å². The first kappa shape index (κ1) is 15.2. The smallest absolute Gasteiger partial charge is 0.251 e. The van der Waals surface area contributed by atoms with E-state index in [1.165, 1.54) is 0 Å². The summed E-state index contributed by atoms with van der Waals surface area (Å²) < 4.78 is 42.3. The van der Waals surface area contributed by atoms with Crippen molar-refractivity contribution in [2.75, 3.05) is 0 Å². The molecule has 0 atom stereocenters. The molecule has 0 spiro atoms. The monoisotopic (exact) mass is 387 g/mol. The topological polar surface area (TPSA) is 38.7 Å². The maximum Gasteiger partial charge on any atom is 0.348 e. The van der Waals surface area contributed by atoms with Crippen LogP contribution in [-0.4, -0.2) is 15.0 Å². The van der Waals surface area contributed by atoms with E-state index in [1.807, 2.05) is 0 Å². The van der Waals surface area contributed by atoms with Gasteiger partial charge in [-0.2, -0.15) is 8.78 Å². The molecule has 0 saturated carbocycles. The highest BCUT2D eigenvalue weighted by molar-refractivity contribution is 9.10. The summed E-state index contributed by atoms with van der Waals surface area (Å²) in [5, 5.41) is 0.353. The van der Waals surface area contributed by atoms with Crippen molar-refractivity contribution in [3.63, 3.8) is 0 Å². The number of benzene rings is 1. The first-order valence-electron chi connectivity index (χ1n) is 6.01. The van der Waals surface area contributed by atoms with Crippen molar-refractivity contribution in [1.29, 1.82) is 0 Å². The zero-order chi connectivity index (χ0) is 15.9. The highest BCUT2D eigenvalue weighted by Gasteiger charge is 2.40. The Hall–Kier alpha value is -1.73. The molecule has 0 aliphatic heterocycles. The maximum absolute atomic E-state index is 14.5. The molecule has 2 heterocycles. The number of para-hydroxylation sites is 1. The van der Waals surface area contributed by atoms with E-state index in [1.54, 1.807) is 18.2 Å². The quantitative estimate of drug-likeness (QED) is 0.596. The molecule has 3 rings (SSSR count). The number of nitrogens with zero attached hydrogens (tertiary/aromatic N) is 3. The van der Waals surface area contributed by atoms with Gasteiger partial charge in [-0.15, -0.1) is 0 Å². The highest BCUT2D eigenvalue weighted by atomic mass is 79.9. The lowest BCUT2D eigenvalue weighted by Gasteiger charge is -2.15. The van der Waals surface area contributed by atoms with E-state index >= 15 is 0 Å². The second-order valence-corrected chi connectivity index (χ2v) is 5.62. The fourth-order valence-electron chi connectivity index (χ4n) is 1.90. The molecule has 1 aromatic carbocycles.